The third-order valence-electron chi connectivity index (χ3n) is 5.69. The number of para-hydroxylation sites is 1. The average Bonchev–Trinajstić information content (AvgIpc) is 3.35. The van der Waals surface area contributed by atoms with E-state index in [0.717, 1.165) is 27.7 Å². The molecular formula is C22H21N3O5. The van der Waals surface area contributed by atoms with Crippen LogP contribution in [-0.4, -0.2) is 53.3 Å². The van der Waals surface area contributed by atoms with E-state index in [2.05, 4.69) is 10.3 Å². The Morgan fingerprint density at radius 1 is 1.17 bits per heavy atom. The summed E-state index contributed by atoms with van der Waals surface area (Å²) in [7, 11) is 1.51. The number of carbonyl (C=O) groups is 2. The number of fused-ring (bicyclic) bond motifs is 4. The zero-order chi connectivity index (χ0) is 20.8. The molecule has 0 radical (unpaired) electrons. The normalized spacial score (nSPS) is 19.5. The number of rotatable bonds is 4. The van der Waals surface area contributed by atoms with Crippen LogP contribution in [0.3, 0.4) is 0 Å². The van der Waals surface area contributed by atoms with Crippen molar-refractivity contribution in [1.82, 2.24) is 15.2 Å². The third-order valence-corrected chi connectivity index (χ3v) is 5.69. The lowest BCUT2D eigenvalue weighted by Gasteiger charge is -2.33. The second kappa shape index (κ2) is 7.07. The summed E-state index contributed by atoms with van der Waals surface area (Å²) in [5, 5.41) is 13.6. The van der Waals surface area contributed by atoms with E-state index in [1.54, 1.807) is 0 Å². The van der Waals surface area contributed by atoms with Crippen LogP contribution in [0.1, 0.15) is 22.9 Å². The van der Waals surface area contributed by atoms with Gasteiger partial charge in [0.25, 0.3) is 0 Å². The zero-order valence-electron chi connectivity index (χ0n) is 16.3. The smallest absolute Gasteiger partial charge is 0.323 e. The summed E-state index contributed by atoms with van der Waals surface area (Å²) in [6.07, 6.45) is 0.475. The number of hydrogen-bond acceptors (Lipinski definition) is 5. The zero-order valence-corrected chi connectivity index (χ0v) is 16.3. The Balaban J connectivity index is 1.57. The summed E-state index contributed by atoms with van der Waals surface area (Å²) in [6, 6.07) is 12.9. The van der Waals surface area contributed by atoms with E-state index >= 15 is 0 Å². The minimum atomic E-state index is -1.04. The number of nitrogens with one attached hydrogen (secondary N) is 2. The summed E-state index contributed by atoms with van der Waals surface area (Å²) < 4.78 is 11.0. The van der Waals surface area contributed by atoms with Crippen LogP contribution in [-0.2, 0) is 16.0 Å². The van der Waals surface area contributed by atoms with Crippen LogP contribution in [0.2, 0.25) is 0 Å². The number of nitrogens with zero attached hydrogens (tertiary/aromatic N) is 1. The highest BCUT2D eigenvalue weighted by molar-refractivity contribution is 5.89. The van der Waals surface area contributed by atoms with Crippen molar-refractivity contribution in [3.63, 3.8) is 0 Å². The summed E-state index contributed by atoms with van der Waals surface area (Å²) in [5.74, 6) is 0.0736. The molecule has 2 atom stereocenters. The van der Waals surface area contributed by atoms with Crippen LogP contribution < -0.4 is 14.8 Å². The lowest BCUT2D eigenvalue weighted by molar-refractivity contribution is -0.144. The van der Waals surface area contributed by atoms with E-state index in [9.17, 15) is 9.59 Å². The summed E-state index contributed by atoms with van der Waals surface area (Å²) in [5.41, 5.74) is 4.00. The Kier molecular flexibility index (Phi) is 4.36. The second-order valence-corrected chi connectivity index (χ2v) is 7.62. The van der Waals surface area contributed by atoms with Crippen molar-refractivity contribution in [2.75, 3.05) is 20.4 Å². The standard InChI is InChI=1S/C22H21N3O5/c1-25(10-19(26)27)22(28)16-9-14-13-4-2-3-5-15(13)23-21(14)20(24-16)12-6-7-17-18(8-12)30-11-29-17/h2-8,16,20,23-24H,9-11H2,1H3,(H,26,27)/t16-,20-/m1/s1. The SMILES string of the molecule is CN(CC(=O)O)C(=O)[C@H]1Cc2c([nH]c3ccccc23)[C@@H](c2ccc3c(c2)OCO3)N1. The van der Waals surface area contributed by atoms with Crippen molar-refractivity contribution in [3.05, 3.63) is 59.3 Å². The molecule has 5 rings (SSSR count). The van der Waals surface area contributed by atoms with Crippen molar-refractivity contribution in [3.8, 4) is 11.5 Å². The number of aromatic amines is 1. The predicted molar refractivity (Wildman–Crippen MR) is 109 cm³/mol. The van der Waals surface area contributed by atoms with Gasteiger partial charge in [-0.25, -0.2) is 0 Å². The maximum absolute atomic E-state index is 13.0. The van der Waals surface area contributed by atoms with E-state index in [4.69, 9.17) is 14.6 Å². The maximum atomic E-state index is 13.0. The molecule has 0 saturated heterocycles. The molecule has 0 fully saturated rings. The van der Waals surface area contributed by atoms with Crippen molar-refractivity contribution < 1.29 is 24.2 Å². The van der Waals surface area contributed by atoms with Gasteiger partial charge in [0.15, 0.2) is 11.5 Å². The topological polar surface area (TPSA) is 104 Å². The first-order valence-corrected chi connectivity index (χ1v) is 9.73. The third kappa shape index (κ3) is 3.05. The highest BCUT2D eigenvalue weighted by Gasteiger charge is 2.36. The van der Waals surface area contributed by atoms with Gasteiger partial charge in [0.1, 0.15) is 6.54 Å². The van der Waals surface area contributed by atoms with Gasteiger partial charge in [0.2, 0.25) is 12.7 Å². The minimum Gasteiger partial charge on any atom is -0.480 e. The number of carboxylic acids is 1. The number of hydrogen-bond donors (Lipinski definition) is 3. The van der Waals surface area contributed by atoms with Gasteiger partial charge in [-0.05, 0) is 35.7 Å². The monoisotopic (exact) mass is 407 g/mol. The number of benzene rings is 2. The van der Waals surface area contributed by atoms with Crippen LogP contribution >= 0.6 is 0 Å². The number of amides is 1. The van der Waals surface area contributed by atoms with E-state index in [1.165, 1.54) is 11.9 Å². The molecule has 0 bridgehead atoms. The largest absolute Gasteiger partial charge is 0.480 e. The second-order valence-electron chi connectivity index (χ2n) is 7.62. The molecule has 2 aromatic carbocycles. The van der Waals surface area contributed by atoms with Gasteiger partial charge in [-0.15, -0.1) is 0 Å². The van der Waals surface area contributed by atoms with E-state index in [-0.39, 0.29) is 25.3 Å². The molecule has 3 N–H and O–H groups in total. The predicted octanol–water partition coefficient (Wildman–Crippen LogP) is 2.04. The first kappa shape index (κ1) is 18.5. The summed E-state index contributed by atoms with van der Waals surface area (Å²) >= 11 is 0. The summed E-state index contributed by atoms with van der Waals surface area (Å²) in [4.78, 5) is 28.8. The Morgan fingerprint density at radius 3 is 2.80 bits per heavy atom. The van der Waals surface area contributed by atoms with E-state index in [1.807, 2.05) is 42.5 Å². The molecule has 3 aromatic rings. The minimum absolute atomic E-state index is 0.190. The van der Waals surface area contributed by atoms with Crippen LogP contribution in [0.25, 0.3) is 10.9 Å². The number of likely N-dealkylation sites (N-methyl/N-ethyl adjacent to an activating group) is 1. The van der Waals surface area contributed by atoms with Gasteiger partial charge >= 0.3 is 5.97 Å². The highest BCUT2D eigenvalue weighted by Crippen LogP contribution is 2.39. The first-order chi connectivity index (χ1) is 14.5. The molecule has 0 spiro atoms. The number of aromatic nitrogens is 1. The van der Waals surface area contributed by atoms with Gasteiger partial charge in [-0.3, -0.25) is 14.9 Å². The van der Waals surface area contributed by atoms with Crippen LogP contribution in [0, 0.1) is 0 Å². The maximum Gasteiger partial charge on any atom is 0.323 e. The highest BCUT2D eigenvalue weighted by atomic mass is 16.7. The Hall–Kier alpha value is -3.52. The molecule has 2 aliphatic heterocycles. The van der Waals surface area contributed by atoms with Crippen molar-refractivity contribution in [2.45, 2.75) is 18.5 Å². The number of H-pyrrole nitrogens is 1. The molecule has 154 valence electrons. The Bertz CT molecular complexity index is 1150. The molecule has 1 aromatic heterocycles. The Morgan fingerprint density at radius 2 is 1.97 bits per heavy atom. The molecule has 0 unspecified atom stereocenters. The fraction of sp³-hybridized carbons (Fsp3) is 0.273. The lowest BCUT2D eigenvalue weighted by Crippen LogP contribution is -2.51. The van der Waals surface area contributed by atoms with Gasteiger partial charge in [-0.2, -0.15) is 0 Å². The van der Waals surface area contributed by atoms with Gasteiger partial charge < -0.3 is 24.5 Å². The van der Waals surface area contributed by atoms with Crippen LogP contribution in [0.4, 0.5) is 0 Å². The molecule has 1 amide bonds. The van der Waals surface area contributed by atoms with Crippen molar-refractivity contribution in [1.29, 1.82) is 0 Å². The van der Waals surface area contributed by atoms with E-state index < -0.39 is 12.0 Å². The van der Waals surface area contributed by atoms with Crippen molar-refractivity contribution >= 4 is 22.8 Å². The fourth-order valence-corrected chi connectivity index (χ4v) is 4.30. The van der Waals surface area contributed by atoms with Crippen LogP contribution in [0.15, 0.2) is 42.5 Å². The molecule has 0 saturated carbocycles. The van der Waals surface area contributed by atoms with Gasteiger partial charge in [0.05, 0.1) is 12.1 Å². The fourth-order valence-electron chi connectivity index (χ4n) is 4.30. The number of carboxylic acid groups (broad SMARTS) is 1. The number of aliphatic carboxylic acids is 1. The molecule has 0 aliphatic carbocycles. The molecule has 8 heteroatoms. The number of carbonyl (C=O) groups excluding carboxylic acids is 1. The molecule has 3 heterocycles. The lowest BCUT2D eigenvalue weighted by atomic mass is 9.89. The average molecular weight is 407 g/mol. The molecule has 30 heavy (non-hydrogen) atoms. The molecule has 8 nitrogen and oxygen atoms in total. The van der Waals surface area contributed by atoms with Gasteiger partial charge in [-0.1, -0.05) is 24.3 Å². The summed E-state index contributed by atoms with van der Waals surface area (Å²) in [6.45, 7) is -0.151. The quantitative estimate of drug-likeness (QED) is 0.612. The van der Waals surface area contributed by atoms with Crippen molar-refractivity contribution in [2.24, 2.45) is 0 Å². The molecule has 2 aliphatic rings. The number of ether oxygens (including phenoxy) is 2. The van der Waals surface area contributed by atoms with Gasteiger partial charge in [0, 0.05) is 23.6 Å². The first-order valence-electron chi connectivity index (χ1n) is 9.73. The van der Waals surface area contributed by atoms with Crippen LogP contribution in [0.5, 0.6) is 11.5 Å². The Labute approximate surface area is 172 Å². The van der Waals surface area contributed by atoms with E-state index in [0.29, 0.717) is 17.9 Å². The molecular weight excluding hydrogens is 386 g/mol.